The predicted molar refractivity (Wildman–Crippen MR) is 96.2 cm³/mol. The summed E-state index contributed by atoms with van der Waals surface area (Å²) in [4.78, 5) is 18.2. The van der Waals surface area contributed by atoms with Gasteiger partial charge in [-0.25, -0.2) is 0 Å². The molecule has 1 aliphatic carbocycles. The summed E-state index contributed by atoms with van der Waals surface area (Å²) in [6.45, 7) is 6.59. The summed E-state index contributed by atoms with van der Waals surface area (Å²) in [5.74, 6) is 0.388. The van der Waals surface area contributed by atoms with Gasteiger partial charge in [0.05, 0.1) is 0 Å². The first kappa shape index (κ1) is 19.2. The molecule has 1 amide bonds. The molecule has 3 rings (SSSR count). The molecule has 2 N–H and O–H groups in total. The highest BCUT2D eigenvalue weighted by molar-refractivity contribution is 5.90. The Labute approximate surface area is 150 Å². The molecule has 2 fully saturated rings. The fraction of sp³-hybridized carbons (Fsp3) is 0.667. The first-order chi connectivity index (χ1) is 11.0. The number of hydrogen-bond acceptors (Lipinski definition) is 4. The Morgan fingerprint density at radius 1 is 1.38 bits per heavy atom. The van der Waals surface area contributed by atoms with Crippen molar-refractivity contribution in [2.45, 2.75) is 44.8 Å². The smallest absolute Gasteiger partial charge is 0.267 e. The van der Waals surface area contributed by atoms with Gasteiger partial charge in [0.2, 0.25) is 0 Å². The molecular formula is C18H28ClN3O2. The zero-order chi connectivity index (χ0) is 16.6. The Morgan fingerprint density at radius 2 is 2.00 bits per heavy atom. The van der Waals surface area contributed by atoms with Crippen LogP contribution in [-0.2, 0) is 10.3 Å². The SMILES string of the molecule is COC1(c2ccnc(C(N)=O)c2)C2CCCC1CN(C(C)C)C2.Cl. The van der Waals surface area contributed by atoms with Crippen molar-refractivity contribution in [3.63, 3.8) is 0 Å². The number of fused-ring (bicyclic) bond motifs is 2. The number of nitrogens with zero attached hydrogens (tertiary/aromatic N) is 2. The summed E-state index contributed by atoms with van der Waals surface area (Å²) >= 11 is 0. The lowest BCUT2D eigenvalue weighted by Crippen LogP contribution is -2.60. The predicted octanol–water partition coefficient (Wildman–Crippen LogP) is 2.58. The van der Waals surface area contributed by atoms with E-state index in [1.54, 1.807) is 13.3 Å². The van der Waals surface area contributed by atoms with Crippen LogP contribution in [0.4, 0.5) is 0 Å². The third-order valence-corrected chi connectivity index (χ3v) is 5.76. The highest BCUT2D eigenvalue weighted by atomic mass is 35.5. The van der Waals surface area contributed by atoms with Crippen LogP contribution < -0.4 is 5.73 Å². The largest absolute Gasteiger partial charge is 0.373 e. The van der Waals surface area contributed by atoms with Crippen molar-refractivity contribution in [3.8, 4) is 0 Å². The second kappa shape index (κ2) is 7.38. The molecule has 2 unspecified atom stereocenters. The first-order valence-electron chi connectivity index (χ1n) is 8.54. The first-order valence-corrected chi connectivity index (χ1v) is 8.54. The summed E-state index contributed by atoms with van der Waals surface area (Å²) in [6.07, 6.45) is 5.24. The summed E-state index contributed by atoms with van der Waals surface area (Å²) in [5, 5.41) is 0. The van der Waals surface area contributed by atoms with E-state index in [1.807, 2.05) is 12.1 Å². The van der Waals surface area contributed by atoms with E-state index in [4.69, 9.17) is 10.5 Å². The molecule has 24 heavy (non-hydrogen) atoms. The number of ether oxygens (including phenoxy) is 1. The number of methoxy groups -OCH3 is 1. The number of pyridine rings is 1. The summed E-state index contributed by atoms with van der Waals surface area (Å²) in [6, 6.07) is 4.38. The quantitative estimate of drug-likeness (QED) is 0.903. The maximum atomic E-state index is 11.5. The molecule has 2 aliphatic rings. The number of aromatic nitrogens is 1. The molecule has 5 nitrogen and oxygen atoms in total. The zero-order valence-corrected chi connectivity index (χ0v) is 15.5. The minimum Gasteiger partial charge on any atom is -0.373 e. The van der Waals surface area contributed by atoms with Gasteiger partial charge in [-0.15, -0.1) is 12.4 Å². The molecule has 1 saturated heterocycles. The third-order valence-electron chi connectivity index (χ3n) is 5.76. The second-order valence-electron chi connectivity index (χ2n) is 7.16. The number of amides is 1. The van der Waals surface area contributed by atoms with Crippen LogP contribution in [0.3, 0.4) is 0 Å². The normalized spacial score (nSPS) is 30.0. The molecule has 2 atom stereocenters. The van der Waals surface area contributed by atoms with Crippen molar-refractivity contribution in [1.82, 2.24) is 9.88 Å². The van der Waals surface area contributed by atoms with Crippen molar-refractivity contribution in [3.05, 3.63) is 29.6 Å². The van der Waals surface area contributed by atoms with Crippen molar-refractivity contribution < 1.29 is 9.53 Å². The van der Waals surface area contributed by atoms with Crippen molar-refractivity contribution >= 4 is 18.3 Å². The minimum atomic E-state index is -0.483. The van der Waals surface area contributed by atoms with Crippen LogP contribution in [0.25, 0.3) is 0 Å². The van der Waals surface area contributed by atoms with E-state index in [1.165, 1.54) is 6.42 Å². The molecule has 1 aromatic rings. The lowest BCUT2D eigenvalue weighted by atomic mass is 9.62. The van der Waals surface area contributed by atoms with Crippen LogP contribution in [0, 0.1) is 11.8 Å². The van der Waals surface area contributed by atoms with E-state index in [0.717, 1.165) is 31.5 Å². The van der Waals surface area contributed by atoms with E-state index < -0.39 is 5.91 Å². The standard InChI is InChI=1S/C18H27N3O2.ClH/c1-12(2)21-10-14-5-4-6-15(11-21)18(14,23-3)13-7-8-20-16(9-13)17(19)22;/h7-9,12,14-15H,4-6,10-11H2,1-3H3,(H2,19,22);1H. The second-order valence-corrected chi connectivity index (χ2v) is 7.16. The van der Waals surface area contributed by atoms with Crippen LogP contribution in [0.5, 0.6) is 0 Å². The van der Waals surface area contributed by atoms with Gasteiger partial charge in [-0.2, -0.15) is 0 Å². The molecule has 0 radical (unpaired) electrons. The Morgan fingerprint density at radius 3 is 2.50 bits per heavy atom. The average molecular weight is 354 g/mol. The van der Waals surface area contributed by atoms with Crippen molar-refractivity contribution in [2.75, 3.05) is 20.2 Å². The number of primary amides is 1. The number of nitrogens with two attached hydrogens (primary N) is 1. The molecule has 6 heteroatoms. The summed E-state index contributed by atoms with van der Waals surface area (Å²) in [7, 11) is 1.81. The average Bonchev–Trinajstić information content (AvgIpc) is 2.53. The molecule has 134 valence electrons. The lowest BCUT2D eigenvalue weighted by molar-refractivity contribution is -0.172. The Kier molecular flexibility index (Phi) is 5.89. The minimum absolute atomic E-state index is 0. The summed E-state index contributed by atoms with van der Waals surface area (Å²) < 4.78 is 6.19. The Bertz CT molecular complexity index is 579. The number of likely N-dealkylation sites (tertiary alicyclic amines) is 1. The lowest BCUT2D eigenvalue weighted by Gasteiger charge is -2.56. The third kappa shape index (κ3) is 3.05. The monoisotopic (exact) mass is 353 g/mol. The van der Waals surface area contributed by atoms with Crippen LogP contribution in [-0.4, -0.2) is 42.0 Å². The van der Waals surface area contributed by atoms with Gasteiger partial charge in [0.15, 0.2) is 0 Å². The molecule has 1 saturated carbocycles. The maximum absolute atomic E-state index is 11.5. The van der Waals surface area contributed by atoms with Crippen LogP contribution in [0.2, 0.25) is 0 Å². The Hall–Kier alpha value is -1.17. The number of halogens is 1. The fourth-order valence-corrected chi connectivity index (χ4v) is 4.62. The zero-order valence-electron chi connectivity index (χ0n) is 14.7. The van der Waals surface area contributed by atoms with Crippen LogP contribution >= 0.6 is 12.4 Å². The van der Waals surface area contributed by atoms with Gasteiger partial charge >= 0.3 is 0 Å². The van der Waals surface area contributed by atoms with Gasteiger partial charge in [0.25, 0.3) is 5.91 Å². The highest BCUT2D eigenvalue weighted by Gasteiger charge is 2.53. The Balaban J connectivity index is 0.00000208. The van der Waals surface area contributed by atoms with E-state index in [-0.39, 0.29) is 18.0 Å². The van der Waals surface area contributed by atoms with Gasteiger partial charge in [0.1, 0.15) is 11.3 Å². The van der Waals surface area contributed by atoms with Crippen LogP contribution in [0.1, 0.15) is 49.2 Å². The molecular weight excluding hydrogens is 326 g/mol. The van der Waals surface area contributed by atoms with E-state index in [0.29, 0.717) is 23.6 Å². The molecule has 1 aliphatic heterocycles. The highest BCUT2D eigenvalue weighted by Crippen LogP contribution is 2.51. The van der Waals surface area contributed by atoms with E-state index >= 15 is 0 Å². The van der Waals surface area contributed by atoms with Gasteiger partial charge in [-0.05, 0) is 44.4 Å². The summed E-state index contributed by atoms with van der Waals surface area (Å²) in [5.41, 5.74) is 6.48. The number of carbonyl (C=O) groups is 1. The number of piperidine rings is 1. The molecule has 2 heterocycles. The van der Waals surface area contributed by atoms with Gasteiger partial charge in [-0.1, -0.05) is 6.42 Å². The number of carbonyl (C=O) groups excluding carboxylic acids is 1. The van der Waals surface area contributed by atoms with E-state index in [2.05, 4.69) is 23.7 Å². The van der Waals surface area contributed by atoms with Crippen LogP contribution in [0.15, 0.2) is 18.3 Å². The number of hydrogen-bond donors (Lipinski definition) is 1. The van der Waals surface area contributed by atoms with Crippen molar-refractivity contribution in [1.29, 1.82) is 0 Å². The van der Waals surface area contributed by atoms with E-state index in [9.17, 15) is 4.79 Å². The fourth-order valence-electron chi connectivity index (χ4n) is 4.62. The molecule has 1 aromatic heterocycles. The molecule has 2 bridgehead atoms. The van der Waals surface area contributed by atoms with Crippen molar-refractivity contribution in [2.24, 2.45) is 17.6 Å². The van der Waals surface area contributed by atoms with Gasteiger partial charge in [-0.3, -0.25) is 9.78 Å². The maximum Gasteiger partial charge on any atom is 0.267 e. The topological polar surface area (TPSA) is 68.5 Å². The molecule has 0 spiro atoms. The molecule has 0 aromatic carbocycles. The van der Waals surface area contributed by atoms with Gasteiger partial charge in [0, 0.05) is 44.3 Å². The van der Waals surface area contributed by atoms with Gasteiger partial charge < -0.3 is 15.4 Å². The number of rotatable bonds is 4.